The summed E-state index contributed by atoms with van der Waals surface area (Å²) in [6.45, 7) is 0. The first-order valence-electron chi connectivity index (χ1n) is 12.4. The zero-order valence-corrected chi connectivity index (χ0v) is 27.1. The van der Waals surface area contributed by atoms with Gasteiger partial charge in [-0.25, -0.2) is 8.42 Å². The van der Waals surface area contributed by atoms with Crippen LogP contribution in [-0.2, 0) is 45.9 Å². The van der Waals surface area contributed by atoms with Crippen LogP contribution in [0.25, 0.3) is 10.8 Å². The van der Waals surface area contributed by atoms with E-state index in [1.165, 1.54) is 42.5 Å². The maximum Gasteiger partial charge on any atom is 0.296 e. The summed E-state index contributed by atoms with van der Waals surface area (Å²) in [5, 5.41) is 12.3. The Balaban J connectivity index is 0.000000266. The molecule has 46 heavy (non-hydrogen) atoms. The zero-order valence-electron chi connectivity index (χ0n) is 23.1. The molecule has 0 aliphatic rings. The molecule has 4 aromatic carbocycles. The van der Waals surface area contributed by atoms with E-state index < -0.39 is 66.5 Å². The van der Waals surface area contributed by atoms with Crippen molar-refractivity contribution in [3.63, 3.8) is 0 Å². The largest absolute Gasteiger partial charge is 0.507 e. The number of nitrogen functional groups attached to an aromatic ring is 1. The Kier molecular flexibility index (Phi) is 11.1. The van der Waals surface area contributed by atoms with Crippen LogP contribution in [0, 0.1) is 0 Å². The second-order valence-electron chi connectivity index (χ2n) is 9.44. The first-order chi connectivity index (χ1) is 21.1. The van der Waals surface area contributed by atoms with Crippen LogP contribution in [0.1, 0.15) is 15.9 Å². The summed E-state index contributed by atoms with van der Waals surface area (Å²) in [6.07, 6.45) is 0. The monoisotopic (exact) mass is 736 g/mol. The van der Waals surface area contributed by atoms with Crippen molar-refractivity contribution < 1.29 is 57.2 Å². The molecule has 0 spiro atoms. The quantitative estimate of drug-likeness (QED) is 0.0819. The maximum absolute atomic E-state index is 12.3. The highest BCUT2D eigenvalue weighted by atomic mass is 35.5. The van der Waals surface area contributed by atoms with Gasteiger partial charge in [-0.15, -0.1) is 11.6 Å². The number of alkyl halides is 1. The number of aromatic hydroxyl groups is 1. The van der Waals surface area contributed by atoms with Gasteiger partial charge in [-0.2, -0.15) is 25.3 Å². The lowest BCUT2D eigenvalue weighted by atomic mass is 10.1. The van der Waals surface area contributed by atoms with Crippen LogP contribution in [0.15, 0.2) is 87.5 Å². The number of hydrogen-bond acceptors (Lipinski definition) is 11. The number of carbonyl (C=O) groups is 1. The van der Waals surface area contributed by atoms with E-state index in [2.05, 4.69) is 5.32 Å². The first kappa shape index (κ1) is 36.6. The van der Waals surface area contributed by atoms with E-state index in [9.17, 15) is 43.6 Å². The van der Waals surface area contributed by atoms with E-state index in [4.69, 9.17) is 31.0 Å². The predicted octanol–water partition coefficient (Wildman–Crippen LogP) is 2.96. The van der Waals surface area contributed by atoms with Crippen molar-refractivity contribution in [1.82, 2.24) is 0 Å². The van der Waals surface area contributed by atoms with Crippen molar-refractivity contribution in [3.8, 4) is 5.75 Å². The highest BCUT2D eigenvalue weighted by Crippen LogP contribution is 2.30. The number of nitrogens with two attached hydrogens (primary N) is 1. The number of carbonyl (C=O) groups excluding carboxylic acids is 1. The van der Waals surface area contributed by atoms with Gasteiger partial charge >= 0.3 is 0 Å². The van der Waals surface area contributed by atoms with Crippen LogP contribution in [-0.4, -0.2) is 70.0 Å². The van der Waals surface area contributed by atoms with E-state index >= 15 is 0 Å². The number of hydrogen-bond donors (Lipinski definition) is 6. The molecular formula is C26H25ClN2O13S4. The third-order valence-electron chi connectivity index (χ3n) is 6.01. The number of phenols is 1. The van der Waals surface area contributed by atoms with E-state index in [1.54, 1.807) is 0 Å². The number of amides is 1. The van der Waals surface area contributed by atoms with Gasteiger partial charge in [0.05, 0.1) is 27.0 Å². The molecule has 15 nitrogen and oxygen atoms in total. The Morgan fingerprint density at radius 2 is 1.33 bits per heavy atom. The van der Waals surface area contributed by atoms with Crippen molar-refractivity contribution in [3.05, 3.63) is 83.9 Å². The number of anilines is 2. The van der Waals surface area contributed by atoms with Gasteiger partial charge in [-0.05, 0) is 65.5 Å². The Bertz CT molecular complexity index is 2240. The summed E-state index contributed by atoms with van der Waals surface area (Å²) < 4.78 is 117. The number of nitrogens with one attached hydrogen (secondary N) is 1. The predicted molar refractivity (Wildman–Crippen MR) is 169 cm³/mol. The Morgan fingerprint density at radius 3 is 1.87 bits per heavy atom. The van der Waals surface area contributed by atoms with Crippen LogP contribution in [0.4, 0.5) is 11.4 Å². The number of phenolic OH excluding ortho intramolecular Hbond substituents is 1. The molecule has 0 radical (unpaired) electrons. The lowest BCUT2D eigenvalue weighted by Gasteiger charge is -2.09. The average Bonchev–Trinajstić information content (AvgIpc) is 2.92. The van der Waals surface area contributed by atoms with Gasteiger partial charge in [0, 0.05) is 28.6 Å². The number of rotatable bonds is 9. The van der Waals surface area contributed by atoms with Gasteiger partial charge in [-0.1, -0.05) is 12.1 Å². The van der Waals surface area contributed by atoms with Crippen LogP contribution in [0.5, 0.6) is 5.75 Å². The molecule has 1 amide bonds. The van der Waals surface area contributed by atoms with Crippen LogP contribution in [0.2, 0.25) is 0 Å². The molecule has 0 aromatic heterocycles. The van der Waals surface area contributed by atoms with Crippen molar-refractivity contribution in [1.29, 1.82) is 0 Å². The molecule has 0 bridgehead atoms. The number of halogens is 1. The minimum Gasteiger partial charge on any atom is -0.507 e. The van der Waals surface area contributed by atoms with Gasteiger partial charge in [0.1, 0.15) is 10.6 Å². The number of sulfone groups is 1. The molecule has 0 heterocycles. The van der Waals surface area contributed by atoms with Gasteiger partial charge in [-0.3, -0.25) is 18.5 Å². The van der Waals surface area contributed by atoms with E-state index in [0.717, 1.165) is 30.3 Å². The fraction of sp³-hybridized carbons (Fsp3) is 0.115. The molecule has 0 atom stereocenters. The molecule has 20 heteroatoms. The zero-order chi connectivity index (χ0) is 34.7. The molecule has 4 aromatic rings. The van der Waals surface area contributed by atoms with Crippen molar-refractivity contribution in [2.75, 3.05) is 22.7 Å². The van der Waals surface area contributed by atoms with Gasteiger partial charge in [0.15, 0.2) is 9.84 Å². The summed E-state index contributed by atoms with van der Waals surface area (Å²) in [6, 6.07) is 14.6. The third kappa shape index (κ3) is 9.84. The molecule has 0 aliphatic carbocycles. The van der Waals surface area contributed by atoms with Crippen LogP contribution < -0.4 is 11.1 Å². The molecule has 0 fully saturated rings. The van der Waals surface area contributed by atoms with Gasteiger partial charge < -0.3 is 16.2 Å². The molecule has 0 aliphatic heterocycles. The molecule has 248 valence electrons. The Hall–Kier alpha value is -3.82. The molecule has 0 unspecified atom stereocenters. The molecular weight excluding hydrogens is 712 g/mol. The molecule has 4 rings (SSSR count). The van der Waals surface area contributed by atoms with Crippen molar-refractivity contribution in [2.45, 2.75) is 20.4 Å². The highest BCUT2D eigenvalue weighted by molar-refractivity contribution is 7.90. The van der Waals surface area contributed by atoms with Crippen molar-refractivity contribution in [2.24, 2.45) is 0 Å². The van der Waals surface area contributed by atoms with Crippen molar-refractivity contribution >= 4 is 79.8 Å². The molecule has 0 saturated heterocycles. The lowest BCUT2D eigenvalue weighted by molar-refractivity contribution is 0.102. The number of benzene rings is 4. The summed E-state index contributed by atoms with van der Waals surface area (Å²) in [5.74, 6) is -1.29. The van der Waals surface area contributed by atoms with E-state index in [0.29, 0.717) is 5.56 Å². The fourth-order valence-electron chi connectivity index (χ4n) is 3.85. The summed E-state index contributed by atoms with van der Waals surface area (Å²) >= 11 is 5.45. The first-order valence-corrected chi connectivity index (χ1v) is 19.0. The number of fused-ring (bicyclic) bond motifs is 1. The van der Waals surface area contributed by atoms with Gasteiger partial charge in [0.25, 0.3) is 36.3 Å². The Morgan fingerprint density at radius 1 is 0.739 bits per heavy atom. The lowest BCUT2D eigenvalue weighted by Crippen LogP contribution is -2.14. The standard InChI is InChI=1S/C16H17ClN2O6S2.C10H8O7S2/c17-7-8-26(21,22)10-11-1-3-12(4-2-11)16(20)19-13-5-6-14(18)15(9-13)27(23,24)25;11-10-5-8(19(15,16)17)4-6-3-7(18(12,13)14)1-2-9(6)10/h1-6,9H,7-8,10,18H2,(H,19,20)(H,23,24,25);1-5,11H,(H,12,13,14)(H,15,16,17). The maximum atomic E-state index is 12.3. The normalized spacial score (nSPS) is 12.3. The second-order valence-corrected chi connectivity index (χ2v) is 16.2. The van der Waals surface area contributed by atoms with E-state index in [-0.39, 0.29) is 45.1 Å². The molecule has 7 N–H and O–H groups in total. The second kappa shape index (κ2) is 13.9. The minimum absolute atomic E-state index is 0.00988. The third-order valence-corrected chi connectivity index (χ3v) is 10.6. The SMILES string of the molecule is Nc1ccc(NC(=O)c2ccc(CS(=O)(=O)CCCl)cc2)cc1S(=O)(=O)O.O=S(=O)(O)c1ccc2c(O)cc(S(=O)(=O)O)cc2c1. The van der Waals surface area contributed by atoms with Crippen LogP contribution in [0.3, 0.4) is 0 Å². The summed E-state index contributed by atoms with van der Waals surface area (Å²) in [4.78, 5) is 10.7. The molecule has 0 saturated carbocycles. The smallest absolute Gasteiger partial charge is 0.296 e. The minimum atomic E-state index is -4.54. The highest BCUT2D eigenvalue weighted by Gasteiger charge is 2.18. The van der Waals surface area contributed by atoms with E-state index in [1.807, 2.05) is 0 Å². The van der Waals surface area contributed by atoms with Gasteiger partial charge in [0.2, 0.25) is 0 Å². The topological polar surface area (TPSA) is 273 Å². The summed E-state index contributed by atoms with van der Waals surface area (Å²) in [7, 11) is -16.8. The fourth-order valence-corrected chi connectivity index (χ4v) is 7.32. The van der Waals surface area contributed by atoms with Crippen LogP contribution >= 0.6 is 11.6 Å². The Labute approximate surface area is 268 Å². The summed E-state index contributed by atoms with van der Waals surface area (Å²) in [5.41, 5.74) is 6.21. The average molecular weight is 737 g/mol.